The first-order valence-electron chi connectivity index (χ1n) is 8.15. The standard InChI is InChI=1S/C19H16BrClN2O4S/c1-10-7-8-16(28(25,26)27)13(9-10)18-11(2)19(24)23(12(3)22-18)15-6-4-5-14(21)17(15)20/h4-9H,1-3H3,(H,25,26,27). The topological polar surface area (TPSA) is 89.3 Å². The summed E-state index contributed by atoms with van der Waals surface area (Å²) in [6.45, 7) is 4.99. The fraction of sp³-hybridized carbons (Fsp3) is 0.158. The van der Waals surface area contributed by atoms with Crippen molar-refractivity contribution >= 4 is 37.6 Å². The van der Waals surface area contributed by atoms with Crippen LogP contribution in [0.2, 0.25) is 5.02 Å². The molecule has 3 rings (SSSR count). The van der Waals surface area contributed by atoms with Gasteiger partial charge in [0.1, 0.15) is 10.7 Å². The zero-order valence-electron chi connectivity index (χ0n) is 15.2. The Morgan fingerprint density at radius 2 is 1.82 bits per heavy atom. The van der Waals surface area contributed by atoms with Crippen LogP contribution in [0.5, 0.6) is 0 Å². The molecule has 0 amide bonds. The molecule has 9 heteroatoms. The minimum Gasteiger partial charge on any atom is -0.282 e. The van der Waals surface area contributed by atoms with E-state index in [1.165, 1.54) is 10.6 Å². The first-order chi connectivity index (χ1) is 13.0. The van der Waals surface area contributed by atoms with Crippen molar-refractivity contribution in [1.29, 1.82) is 0 Å². The van der Waals surface area contributed by atoms with Gasteiger partial charge in [0, 0.05) is 11.1 Å². The summed E-state index contributed by atoms with van der Waals surface area (Å²) >= 11 is 9.54. The van der Waals surface area contributed by atoms with E-state index in [0.717, 1.165) is 5.56 Å². The SMILES string of the molecule is Cc1ccc(S(=O)(=O)O)c(-c2nc(C)n(-c3cccc(Cl)c3Br)c(=O)c2C)c1. The van der Waals surface area contributed by atoms with E-state index in [-0.39, 0.29) is 27.3 Å². The zero-order valence-corrected chi connectivity index (χ0v) is 18.4. The van der Waals surface area contributed by atoms with Gasteiger partial charge in [-0.3, -0.25) is 13.9 Å². The Bertz CT molecular complexity index is 1270. The first-order valence-corrected chi connectivity index (χ1v) is 10.8. The highest BCUT2D eigenvalue weighted by Gasteiger charge is 2.22. The van der Waals surface area contributed by atoms with E-state index in [9.17, 15) is 17.8 Å². The Hall–Kier alpha value is -2.00. The second kappa shape index (κ2) is 7.44. The second-order valence-electron chi connectivity index (χ2n) is 6.32. The fourth-order valence-electron chi connectivity index (χ4n) is 2.98. The average Bonchev–Trinajstić information content (AvgIpc) is 2.60. The quantitative estimate of drug-likeness (QED) is 0.555. The van der Waals surface area contributed by atoms with Gasteiger partial charge < -0.3 is 0 Å². The molecule has 0 saturated heterocycles. The molecule has 0 radical (unpaired) electrons. The normalized spacial score (nSPS) is 11.6. The number of halogens is 2. The van der Waals surface area contributed by atoms with E-state index < -0.39 is 10.1 Å². The molecular formula is C19H16BrClN2O4S. The van der Waals surface area contributed by atoms with Gasteiger partial charge >= 0.3 is 0 Å². The Balaban J connectivity index is 2.36. The molecule has 0 fully saturated rings. The number of benzene rings is 2. The van der Waals surface area contributed by atoms with Crippen molar-refractivity contribution in [3.63, 3.8) is 0 Å². The highest BCUT2D eigenvalue weighted by Crippen LogP contribution is 2.31. The average molecular weight is 484 g/mol. The van der Waals surface area contributed by atoms with E-state index in [1.54, 1.807) is 51.1 Å². The summed E-state index contributed by atoms with van der Waals surface area (Å²) in [5, 5.41) is 0.442. The van der Waals surface area contributed by atoms with Gasteiger partial charge in [0.2, 0.25) is 0 Å². The van der Waals surface area contributed by atoms with Crippen LogP contribution in [0.15, 0.2) is 50.6 Å². The molecule has 6 nitrogen and oxygen atoms in total. The van der Waals surface area contributed by atoms with Crippen molar-refractivity contribution in [2.24, 2.45) is 0 Å². The molecule has 0 unspecified atom stereocenters. The molecule has 0 spiro atoms. The summed E-state index contributed by atoms with van der Waals surface area (Å²) in [5.74, 6) is 0.344. The Morgan fingerprint density at radius 1 is 1.14 bits per heavy atom. The lowest BCUT2D eigenvalue weighted by molar-refractivity contribution is 0.483. The lowest BCUT2D eigenvalue weighted by Gasteiger charge is -2.16. The van der Waals surface area contributed by atoms with Crippen molar-refractivity contribution in [3.8, 4) is 16.9 Å². The largest absolute Gasteiger partial charge is 0.295 e. The van der Waals surface area contributed by atoms with Crippen LogP contribution in [0.4, 0.5) is 0 Å². The first kappa shape index (κ1) is 20.7. The van der Waals surface area contributed by atoms with Crippen molar-refractivity contribution in [1.82, 2.24) is 9.55 Å². The minimum atomic E-state index is -4.49. The Morgan fingerprint density at radius 3 is 2.46 bits per heavy atom. The highest BCUT2D eigenvalue weighted by molar-refractivity contribution is 9.10. The number of hydrogen-bond acceptors (Lipinski definition) is 4. The van der Waals surface area contributed by atoms with Crippen molar-refractivity contribution in [3.05, 3.63) is 73.2 Å². The molecule has 0 atom stereocenters. The third-order valence-corrected chi connectivity index (χ3v) is 6.60. The number of rotatable bonds is 3. The fourth-order valence-corrected chi connectivity index (χ4v) is 4.26. The summed E-state index contributed by atoms with van der Waals surface area (Å²) in [7, 11) is -4.49. The van der Waals surface area contributed by atoms with E-state index in [4.69, 9.17) is 11.6 Å². The molecule has 146 valence electrons. The highest BCUT2D eigenvalue weighted by atomic mass is 79.9. The molecule has 1 aromatic heterocycles. The predicted molar refractivity (Wildman–Crippen MR) is 112 cm³/mol. The van der Waals surface area contributed by atoms with E-state index in [0.29, 0.717) is 21.0 Å². The van der Waals surface area contributed by atoms with Gasteiger partial charge in [0.15, 0.2) is 0 Å². The van der Waals surface area contributed by atoms with Gasteiger partial charge in [-0.25, -0.2) is 4.98 Å². The van der Waals surface area contributed by atoms with Crippen LogP contribution in [-0.4, -0.2) is 22.5 Å². The Kier molecular flexibility index (Phi) is 5.51. The third kappa shape index (κ3) is 3.65. The van der Waals surface area contributed by atoms with Crippen molar-refractivity contribution < 1.29 is 13.0 Å². The number of hydrogen-bond donors (Lipinski definition) is 1. The molecule has 0 bridgehead atoms. The van der Waals surface area contributed by atoms with E-state index in [1.807, 2.05) is 0 Å². The zero-order chi connectivity index (χ0) is 20.8. The predicted octanol–water partition coefficient (Wildman–Crippen LogP) is 4.49. The van der Waals surface area contributed by atoms with Crippen LogP contribution in [0.1, 0.15) is 17.0 Å². The number of aromatic nitrogens is 2. The molecule has 1 heterocycles. The van der Waals surface area contributed by atoms with Gasteiger partial charge in [-0.15, -0.1) is 0 Å². The van der Waals surface area contributed by atoms with Crippen molar-refractivity contribution in [2.45, 2.75) is 25.7 Å². The van der Waals surface area contributed by atoms with Crippen LogP contribution < -0.4 is 5.56 Å². The summed E-state index contributed by atoms with van der Waals surface area (Å²) < 4.78 is 35.2. The van der Waals surface area contributed by atoms with Gasteiger partial charge in [-0.1, -0.05) is 29.3 Å². The van der Waals surface area contributed by atoms with Gasteiger partial charge in [0.05, 0.1) is 20.9 Å². The maximum Gasteiger partial charge on any atom is 0.295 e. The summed E-state index contributed by atoms with van der Waals surface area (Å²) in [6.07, 6.45) is 0. The minimum absolute atomic E-state index is 0.178. The van der Waals surface area contributed by atoms with Crippen LogP contribution in [0.25, 0.3) is 16.9 Å². The third-order valence-electron chi connectivity index (χ3n) is 4.32. The smallest absolute Gasteiger partial charge is 0.282 e. The maximum atomic E-state index is 13.1. The molecule has 0 aliphatic carbocycles. The van der Waals surface area contributed by atoms with Gasteiger partial charge in [-0.05, 0) is 61.0 Å². The summed E-state index contributed by atoms with van der Waals surface area (Å²) in [5.41, 5.74) is 1.55. The van der Waals surface area contributed by atoms with E-state index in [2.05, 4.69) is 20.9 Å². The second-order valence-corrected chi connectivity index (χ2v) is 8.91. The molecule has 28 heavy (non-hydrogen) atoms. The number of nitrogens with zero attached hydrogens (tertiary/aromatic N) is 2. The molecule has 3 aromatic rings. The monoisotopic (exact) mass is 482 g/mol. The molecule has 0 aliphatic rings. The molecule has 1 N–H and O–H groups in total. The van der Waals surface area contributed by atoms with Gasteiger partial charge in [-0.2, -0.15) is 8.42 Å². The lowest BCUT2D eigenvalue weighted by Crippen LogP contribution is -2.26. The summed E-state index contributed by atoms with van der Waals surface area (Å²) in [6, 6.07) is 9.58. The van der Waals surface area contributed by atoms with Crippen LogP contribution in [0.3, 0.4) is 0 Å². The molecular weight excluding hydrogens is 468 g/mol. The molecule has 0 aliphatic heterocycles. The van der Waals surface area contributed by atoms with Crippen molar-refractivity contribution in [2.75, 3.05) is 0 Å². The lowest BCUT2D eigenvalue weighted by atomic mass is 10.0. The van der Waals surface area contributed by atoms with Crippen LogP contribution in [-0.2, 0) is 10.1 Å². The van der Waals surface area contributed by atoms with Gasteiger partial charge in [0.25, 0.3) is 15.7 Å². The number of aryl methyl sites for hydroxylation is 2. The summed E-state index contributed by atoms with van der Waals surface area (Å²) in [4.78, 5) is 17.3. The van der Waals surface area contributed by atoms with Crippen LogP contribution in [0, 0.1) is 20.8 Å². The maximum absolute atomic E-state index is 13.1. The van der Waals surface area contributed by atoms with Crippen LogP contribution >= 0.6 is 27.5 Å². The van der Waals surface area contributed by atoms with E-state index >= 15 is 0 Å². The Labute approximate surface area is 175 Å². The molecule has 0 saturated carbocycles. The molecule has 2 aromatic carbocycles.